The Balaban J connectivity index is 2.28. The van der Waals surface area contributed by atoms with Crippen molar-refractivity contribution in [3.8, 4) is 11.4 Å². The molecule has 3 nitrogen and oxygen atoms in total. The zero-order valence-corrected chi connectivity index (χ0v) is 12.1. The molecule has 0 atom stereocenters. The van der Waals surface area contributed by atoms with Gasteiger partial charge in [-0.2, -0.15) is 0 Å². The number of rotatable bonds is 3. The average molecular weight is 307 g/mol. The molecule has 1 heterocycles. The lowest BCUT2D eigenvalue weighted by Crippen LogP contribution is -2.04. The van der Waals surface area contributed by atoms with E-state index in [2.05, 4.69) is 4.98 Å². The molecule has 0 spiro atoms. The number of aliphatic hydroxyl groups is 1. The van der Waals surface area contributed by atoms with Crippen molar-refractivity contribution in [3.05, 3.63) is 52.5 Å². The van der Waals surface area contributed by atoms with Gasteiger partial charge in [0.2, 0.25) is 0 Å². The molecule has 5 heteroatoms. The van der Waals surface area contributed by atoms with Gasteiger partial charge in [-0.3, -0.25) is 0 Å². The molecule has 0 radical (unpaired) electrons. The normalized spacial score (nSPS) is 11.2. The van der Waals surface area contributed by atoms with Crippen LogP contribution in [0.25, 0.3) is 22.4 Å². The van der Waals surface area contributed by atoms with Gasteiger partial charge in [0.05, 0.1) is 27.7 Å². The summed E-state index contributed by atoms with van der Waals surface area (Å²) in [6, 6.07) is 13.4. The van der Waals surface area contributed by atoms with E-state index in [4.69, 9.17) is 23.2 Å². The molecule has 0 amide bonds. The van der Waals surface area contributed by atoms with Gasteiger partial charge in [0.1, 0.15) is 5.82 Å². The van der Waals surface area contributed by atoms with Crippen LogP contribution in [0.5, 0.6) is 0 Å². The molecule has 0 unspecified atom stereocenters. The van der Waals surface area contributed by atoms with Gasteiger partial charge in [-0.15, -0.1) is 0 Å². The second-order valence-corrected chi connectivity index (χ2v) is 5.25. The summed E-state index contributed by atoms with van der Waals surface area (Å²) in [4.78, 5) is 4.61. The molecule has 102 valence electrons. The van der Waals surface area contributed by atoms with Gasteiger partial charge >= 0.3 is 0 Å². The summed E-state index contributed by atoms with van der Waals surface area (Å²) >= 11 is 12.1. The molecule has 1 N–H and O–H groups in total. The largest absolute Gasteiger partial charge is 0.395 e. The van der Waals surface area contributed by atoms with Crippen LogP contribution < -0.4 is 0 Å². The Kier molecular flexibility index (Phi) is 3.66. The zero-order valence-electron chi connectivity index (χ0n) is 10.6. The predicted octanol–water partition coefficient (Wildman–Crippen LogP) is 4.00. The fourth-order valence-electron chi connectivity index (χ4n) is 2.25. The third-order valence-corrected chi connectivity index (χ3v) is 3.87. The van der Waals surface area contributed by atoms with Crippen molar-refractivity contribution in [1.82, 2.24) is 9.55 Å². The highest BCUT2D eigenvalue weighted by atomic mass is 35.5. The number of hydrogen-bond donors (Lipinski definition) is 1. The lowest BCUT2D eigenvalue weighted by atomic mass is 10.2. The lowest BCUT2D eigenvalue weighted by molar-refractivity contribution is 0.278. The van der Waals surface area contributed by atoms with Crippen LogP contribution >= 0.6 is 23.2 Å². The van der Waals surface area contributed by atoms with Gasteiger partial charge in [0.25, 0.3) is 0 Å². The number of fused-ring (bicyclic) bond motifs is 1. The monoisotopic (exact) mass is 306 g/mol. The van der Waals surface area contributed by atoms with Crippen molar-refractivity contribution in [3.63, 3.8) is 0 Å². The van der Waals surface area contributed by atoms with Crippen molar-refractivity contribution >= 4 is 34.2 Å². The van der Waals surface area contributed by atoms with E-state index in [0.29, 0.717) is 16.6 Å². The van der Waals surface area contributed by atoms with Gasteiger partial charge in [-0.25, -0.2) is 4.98 Å². The number of aromatic nitrogens is 2. The molecule has 1 aromatic heterocycles. The van der Waals surface area contributed by atoms with Crippen LogP contribution in [0.1, 0.15) is 0 Å². The van der Waals surface area contributed by atoms with Gasteiger partial charge in [-0.05, 0) is 12.1 Å². The van der Waals surface area contributed by atoms with Crippen LogP contribution in [-0.2, 0) is 6.54 Å². The van der Waals surface area contributed by atoms with E-state index in [0.717, 1.165) is 22.4 Å². The summed E-state index contributed by atoms with van der Waals surface area (Å²) in [7, 11) is 0. The Morgan fingerprint density at radius 3 is 2.45 bits per heavy atom. The second kappa shape index (κ2) is 5.44. The maximum absolute atomic E-state index is 9.29. The topological polar surface area (TPSA) is 38.0 Å². The molecule has 0 aliphatic carbocycles. The van der Waals surface area contributed by atoms with Gasteiger partial charge in [-0.1, -0.05) is 53.5 Å². The molecule has 0 aliphatic heterocycles. The first-order valence-electron chi connectivity index (χ1n) is 6.22. The molecule has 0 bridgehead atoms. The molecular weight excluding hydrogens is 295 g/mol. The summed E-state index contributed by atoms with van der Waals surface area (Å²) in [5.41, 5.74) is 2.63. The Bertz CT molecular complexity index is 753. The van der Waals surface area contributed by atoms with Crippen molar-refractivity contribution in [1.29, 1.82) is 0 Å². The van der Waals surface area contributed by atoms with E-state index >= 15 is 0 Å². The molecule has 3 aromatic rings. The van der Waals surface area contributed by atoms with Crippen LogP contribution in [0.15, 0.2) is 42.5 Å². The fraction of sp³-hybridized carbons (Fsp3) is 0.133. The van der Waals surface area contributed by atoms with E-state index in [1.807, 2.05) is 34.9 Å². The minimum atomic E-state index is 0.0333. The van der Waals surface area contributed by atoms with E-state index in [1.54, 1.807) is 12.1 Å². The number of halogens is 2. The zero-order chi connectivity index (χ0) is 14.1. The summed E-state index contributed by atoms with van der Waals surface area (Å²) < 4.78 is 1.95. The smallest absolute Gasteiger partial charge is 0.141 e. The molecule has 0 saturated heterocycles. The number of hydrogen-bond acceptors (Lipinski definition) is 2. The van der Waals surface area contributed by atoms with E-state index in [9.17, 15) is 5.11 Å². The number of nitrogens with zero attached hydrogens (tertiary/aromatic N) is 2. The molecule has 0 aliphatic rings. The number of imidazole rings is 1. The predicted molar refractivity (Wildman–Crippen MR) is 82.3 cm³/mol. The van der Waals surface area contributed by atoms with Crippen molar-refractivity contribution < 1.29 is 5.11 Å². The van der Waals surface area contributed by atoms with E-state index in [-0.39, 0.29) is 6.61 Å². The Labute approximate surface area is 126 Å². The Hall–Kier alpha value is -1.55. The number of aliphatic hydroxyl groups excluding tert-OH is 1. The highest BCUT2D eigenvalue weighted by Gasteiger charge is 2.14. The third-order valence-electron chi connectivity index (χ3n) is 3.15. The summed E-state index contributed by atoms with van der Waals surface area (Å²) in [5.74, 6) is 0.799. The van der Waals surface area contributed by atoms with Crippen molar-refractivity contribution in [2.24, 2.45) is 0 Å². The van der Waals surface area contributed by atoms with Crippen molar-refractivity contribution in [2.75, 3.05) is 6.61 Å². The minimum Gasteiger partial charge on any atom is -0.395 e. The van der Waals surface area contributed by atoms with E-state index < -0.39 is 0 Å². The fourth-order valence-corrected chi connectivity index (χ4v) is 2.57. The molecule has 20 heavy (non-hydrogen) atoms. The Morgan fingerprint density at radius 1 is 1.05 bits per heavy atom. The maximum Gasteiger partial charge on any atom is 0.141 e. The van der Waals surface area contributed by atoms with Gasteiger partial charge < -0.3 is 9.67 Å². The van der Waals surface area contributed by atoms with Gasteiger partial charge in [0.15, 0.2) is 0 Å². The van der Waals surface area contributed by atoms with Crippen LogP contribution in [0.2, 0.25) is 10.0 Å². The summed E-state index contributed by atoms with van der Waals surface area (Å²) in [6.45, 7) is 0.490. The standard InChI is InChI=1S/C15H12Cl2N2O/c16-11-8-13-14(9-12(11)17)19(6-7-20)15(18-13)10-4-2-1-3-5-10/h1-5,8-9,20H,6-7H2. The van der Waals surface area contributed by atoms with Gasteiger partial charge in [0, 0.05) is 12.1 Å². The highest BCUT2D eigenvalue weighted by molar-refractivity contribution is 6.42. The molecule has 2 aromatic carbocycles. The average Bonchev–Trinajstić information content (AvgIpc) is 2.79. The van der Waals surface area contributed by atoms with Crippen LogP contribution in [0, 0.1) is 0 Å². The second-order valence-electron chi connectivity index (χ2n) is 4.43. The van der Waals surface area contributed by atoms with Crippen LogP contribution in [0.4, 0.5) is 0 Å². The first-order chi connectivity index (χ1) is 9.70. The number of benzene rings is 2. The summed E-state index contributed by atoms with van der Waals surface area (Å²) in [6.07, 6.45) is 0. The lowest BCUT2D eigenvalue weighted by Gasteiger charge is -2.07. The quantitative estimate of drug-likeness (QED) is 0.794. The Morgan fingerprint density at radius 2 is 1.75 bits per heavy atom. The molecule has 0 fully saturated rings. The molecule has 0 saturated carbocycles. The van der Waals surface area contributed by atoms with Crippen LogP contribution in [0.3, 0.4) is 0 Å². The first kappa shape index (κ1) is 13.4. The molecule has 3 rings (SSSR count). The van der Waals surface area contributed by atoms with Crippen molar-refractivity contribution in [2.45, 2.75) is 6.54 Å². The van der Waals surface area contributed by atoms with Crippen LogP contribution in [-0.4, -0.2) is 21.3 Å². The SMILES string of the molecule is OCCn1c(-c2ccccc2)nc2cc(Cl)c(Cl)cc21. The summed E-state index contributed by atoms with van der Waals surface area (Å²) in [5, 5.41) is 10.2. The van der Waals surface area contributed by atoms with E-state index in [1.165, 1.54) is 0 Å². The third kappa shape index (κ3) is 2.29. The first-order valence-corrected chi connectivity index (χ1v) is 6.98. The maximum atomic E-state index is 9.29. The molecular formula is C15H12Cl2N2O. The highest BCUT2D eigenvalue weighted by Crippen LogP contribution is 2.31. The minimum absolute atomic E-state index is 0.0333.